The Bertz CT molecular complexity index is 1150. The number of aromatic nitrogens is 2. The first-order chi connectivity index (χ1) is 15.5. The van der Waals surface area contributed by atoms with Gasteiger partial charge in [0.15, 0.2) is 11.5 Å². The van der Waals surface area contributed by atoms with Crippen molar-refractivity contribution >= 4 is 29.1 Å². The minimum Gasteiger partial charge on any atom is -0.504 e. The lowest BCUT2D eigenvalue weighted by molar-refractivity contribution is 0.0723. The maximum atomic E-state index is 13.3. The van der Waals surface area contributed by atoms with Crippen LogP contribution in [-0.4, -0.2) is 53.0 Å². The molecule has 0 spiro atoms. The summed E-state index contributed by atoms with van der Waals surface area (Å²) in [5, 5.41) is 18.5. The Morgan fingerprint density at radius 1 is 1.22 bits per heavy atom. The molecule has 1 aliphatic rings. The number of nitrogens with zero attached hydrogens (tertiary/aromatic N) is 2. The van der Waals surface area contributed by atoms with Crippen molar-refractivity contribution in [1.82, 2.24) is 15.1 Å². The number of phenols is 1. The van der Waals surface area contributed by atoms with Gasteiger partial charge in [0.2, 0.25) is 0 Å². The summed E-state index contributed by atoms with van der Waals surface area (Å²) in [6, 6.07) is 9.86. The Morgan fingerprint density at radius 3 is 2.75 bits per heavy atom. The number of phenolic OH excluding ortho intramolecular Hbond substituents is 1. The van der Waals surface area contributed by atoms with E-state index in [1.54, 1.807) is 48.4 Å². The van der Waals surface area contributed by atoms with Crippen LogP contribution in [0.15, 0.2) is 36.4 Å². The summed E-state index contributed by atoms with van der Waals surface area (Å²) in [5.41, 5.74) is 3.20. The van der Waals surface area contributed by atoms with Crippen LogP contribution >= 0.6 is 23.2 Å². The molecule has 0 saturated carbocycles. The molecule has 2 heterocycles. The van der Waals surface area contributed by atoms with Gasteiger partial charge in [0.05, 0.1) is 17.7 Å². The number of aromatic amines is 1. The van der Waals surface area contributed by atoms with E-state index in [0.717, 1.165) is 11.1 Å². The predicted octanol–water partition coefficient (Wildman–Crippen LogP) is 5.07. The van der Waals surface area contributed by atoms with Gasteiger partial charge in [-0.25, -0.2) is 0 Å². The third kappa shape index (κ3) is 4.03. The molecule has 0 saturated heterocycles. The van der Waals surface area contributed by atoms with Crippen molar-refractivity contribution in [3.63, 3.8) is 0 Å². The Kier molecular flexibility index (Phi) is 6.60. The Balaban J connectivity index is 1.85. The molecule has 1 amide bonds. The zero-order valence-corrected chi connectivity index (χ0v) is 19.2. The second-order valence-corrected chi connectivity index (χ2v) is 8.24. The first-order valence-electron chi connectivity index (χ1n) is 10.3. The predicted molar refractivity (Wildman–Crippen MR) is 123 cm³/mol. The molecule has 1 aliphatic heterocycles. The summed E-state index contributed by atoms with van der Waals surface area (Å²) in [6.07, 6.45) is 0.671. The highest BCUT2D eigenvalue weighted by molar-refractivity contribution is 6.36. The average molecular weight is 476 g/mol. The second kappa shape index (κ2) is 9.40. The number of carbonyl (C=O) groups is 1. The molecule has 9 heteroatoms. The standard InChI is InChI=1S/C23H23Cl2N3O4/c1-3-32-18-11-13(5-8-17(18)29)22-19-20(15-7-6-14(24)12-16(15)25)26-27-21(19)23(30)28(22)9-4-10-31-2/h5-8,11-12,22,29H,3-4,9-10H2,1-2H3,(H,26,27). The van der Waals surface area contributed by atoms with Gasteiger partial charge in [-0.1, -0.05) is 29.3 Å². The van der Waals surface area contributed by atoms with Crippen LogP contribution in [-0.2, 0) is 4.74 Å². The summed E-state index contributed by atoms with van der Waals surface area (Å²) in [4.78, 5) is 15.1. The number of carbonyl (C=O) groups excluding carboxylic acids is 1. The lowest BCUT2D eigenvalue weighted by atomic mass is 9.95. The van der Waals surface area contributed by atoms with Crippen molar-refractivity contribution in [3.8, 4) is 22.8 Å². The molecule has 168 valence electrons. The lowest BCUT2D eigenvalue weighted by Crippen LogP contribution is -2.31. The summed E-state index contributed by atoms with van der Waals surface area (Å²) < 4.78 is 10.8. The van der Waals surface area contributed by atoms with E-state index in [4.69, 9.17) is 32.7 Å². The van der Waals surface area contributed by atoms with Crippen LogP contribution in [0.25, 0.3) is 11.3 Å². The van der Waals surface area contributed by atoms with Gasteiger partial charge in [-0.2, -0.15) is 5.10 Å². The zero-order chi connectivity index (χ0) is 22.8. The van der Waals surface area contributed by atoms with Crippen LogP contribution < -0.4 is 4.74 Å². The van der Waals surface area contributed by atoms with Gasteiger partial charge in [0.1, 0.15) is 11.4 Å². The number of aromatic hydroxyl groups is 1. The van der Waals surface area contributed by atoms with Gasteiger partial charge in [-0.3, -0.25) is 9.89 Å². The minimum absolute atomic E-state index is 0.0410. The SMILES string of the molecule is CCOc1cc(C2c3c(-c4ccc(Cl)cc4Cl)n[nH]c3C(=O)N2CCCOC)ccc1O. The molecule has 0 fully saturated rings. The van der Waals surface area contributed by atoms with Crippen LogP contribution in [0.3, 0.4) is 0 Å². The summed E-state index contributed by atoms with van der Waals surface area (Å²) in [5.74, 6) is 0.243. The first-order valence-corrected chi connectivity index (χ1v) is 11.0. The molecule has 4 rings (SSSR count). The molecule has 32 heavy (non-hydrogen) atoms. The Labute approximate surface area is 195 Å². The van der Waals surface area contributed by atoms with E-state index in [9.17, 15) is 9.90 Å². The highest BCUT2D eigenvalue weighted by atomic mass is 35.5. The fourth-order valence-electron chi connectivity index (χ4n) is 4.01. The van der Waals surface area contributed by atoms with Crippen LogP contribution in [0.1, 0.15) is 41.0 Å². The Hall–Kier alpha value is -2.74. The van der Waals surface area contributed by atoms with Crippen molar-refractivity contribution in [1.29, 1.82) is 0 Å². The molecule has 0 radical (unpaired) electrons. The zero-order valence-electron chi connectivity index (χ0n) is 17.7. The largest absolute Gasteiger partial charge is 0.504 e. The normalized spacial score (nSPS) is 15.3. The number of ether oxygens (including phenoxy) is 2. The number of hydrogen-bond donors (Lipinski definition) is 2. The van der Waals surface area contributed by atoms with Gasteiger partial charge in [0.25, 0.3) is 5.91 Å². The summed E-state index contributed by atoms with van der Waals surface area (Å²) >= 11 is 12.5. The van der Waals surface area contributed by atoms with Crippen LogP contribution in [0.4, 0.5) is 0 Å². The van der Waals surface area contributed by atoms with E-state index in [1.165, 1.54) is 0 Å². The first kappa shape index (κ1) is 22.5. The summed E-state index contributed by atoms with van der Waals surface area (Å²) in [7, 11) is 1.63. The molecule has 1 aromatic heterocycles. The van der Waals surface area contributed by atoms with E-state index < -0.39 is 6.04 Å². The molecule has 1 unspecified atom stereocenters. The van der Waals surface area contributed by atoms with Gasteiger partial charge < -0.3 is 19.5 Å². The van der Waals surface area contributed by atoms with Crippen molar-refractivity contribution < 1.29 is 19.4 Å². The quantitative estimate of drug-likeness (QED) is 0.444. The third-order valence-corrected chi connectivity index (χ3v) is 5.94. The molecule has 2 aromatic carbocycles. The molecular formula is C23H23Cl2N3O4. The Morgan fingerprint density at radius 2 is 2.03 bits per heavy atom. The highest BCUT2D eigenvalue weighted by Gasteiger charge is 2.42. The number of benzene rings is 2. The van der Waals surface area contributed by atoms with E-state index in [1.807, 2.05) is 6.92 Å². The van der Waals surface area contributed by atoms with Crippen LogP contribution in [0, 0.1) is 0 Å². The van der Waals surface area contributed by atoms with Crippen LogP contribution in [0.5, 0.6) is 11.5 Å². The maximum absolute atomic E-state index is 13.3. The van der Waals surface area contributed by atoms with Crippen molar-refractivity contribution in [3.05, 3.63) is 63.3 Å². The topological polar surface area (TPSA) is 87.7 Å². The fourth-order valence-corrected chi connectivity index (χ4v) is 4.51. The average Bonchev–Trinajstić information content (AvgIpc) is 3.30. The number of rotatable bonds is 8. The molecule has 1 atom stereocenters. The molecule has 7 nitrogen and oxygen atoms in total. The van der Waals surface area contributed by atoms with Gasteiger partial charge in [0, 0.05) is 36.4 Å². The molecule has 2 N–H and O–H groups in total. The minimum atomic E-state index is -0.436. The van der Waals surface area contributed by atoms with E-state index in [2.05, 4.69) is 10.2 Å². The molecular weight excluding hydrogens is 453 g/mol. The lowest BCUT2D eigenvalue weighted by Gasteiger charge is -2.27. The van der Waals surface area contributed by atoms with Gasteiger partial charge >= 0.3 is 0 Å². The van der Waals surface area contributed by atoms with Gasteiger partial charge in [-0.15, -0.1) is 0 Å². The monoisotopic (exact) mass is 475 g/mol. The number of amides is 1. The number of fused-ring (bicyclic) bond motifs is 1. The number of nitrogens with one attached hydrogen (secondary N) is 1. The third-order valence-electron chi connectivity index (χ3n) is 5.40. The molecule has 0 aliphatic carbocycles. The number of methoxy groups -OCH3 is 1. The fraction of sp³-hybridized carbons (Fsp3) is 0.304. The molecule has 3 aromatic rings. The van der Waals surface area contributed by atoms with E-state index in [0.29, 0.717) is 58.9 Å². The van der Waals surface area contributed by atoms with E-state index in [-0.39, 0.29) is 11.7 Å². The van der Waals surface area contributed by atoms with Gasteiger partial charge in [-0.05, 0) is 49.2 Å². The number of hydrogen-bond acceptors (Lipinski definition) is 5. The van der Waals surface area contributed by atoms with E-state index >= 15 is 0 Å². The van der Waals surface area contributed by atoms with Crippen molar-refractivity contribution in [2.45, 2.75) is 19.4 Å². The van der Waals surface area contributed by atoms with Crippen molar-refractivity contribution in [2.75, 3.05) is 26.9 Å². The number of H-pyrrole nitrogens is 1. The van der Waals surface area contributed by atoms with Crippen molar-refractivity contribution in [2.24, 2.45) is 0 Å². The smallest absolute Gasteiger partial charge is 0.273 e. The summed E-state index contributed by atoms with van der Waals surface area (Å²) in [6.45, 7) is 3.26. The molecule has 0 bridgehead atoms. The highest BCUT2D eigenvalue weighted by Crippen LogP contribution is 2.45. The van der Waals surface area contributed by atoms with Crippen LogP contribution in [0.2, 0.25) is 10.0 Å². The number of halogens is 2. The second-order valence-electron chi connectivity index (χ2n) is 7.39. The maximum Gasteiger partial charge on any atom is 0.273 e.